The Balaban J connectivity index is 1.44. The molecular weight excluding hydrogens is 396 g/mol. The van der Waals surface area contributed by atoms with E-state index in [4.69, 9.17) is 14.2 Å². The maximum Gasteiger partial charge on any atom is 0.253 e. The minimum absolute atomic E-state index is 0.0353. The van der Waals surface area contributed by atoms with Gasteiger partial charge in [0.25, 0.3) is 5.91 Å². The number of morpholine rings is 1. The van der Waals surface area contributed by atoms with Crippen molar-refractivity contribution in [3.8, 4) is 11.5 Å². The van der Waals surface area contributed by atoms with Gasteiger partial charge in [0.05, 0.1) is 13.2 Å². The molecule has 0 spiro atoms. The number of carbonyl (C=O) groups is 1. The number of hydrogen-bond acceptors (Lipinski definition) is 6. The highest BCUT2D eigenvalue weighted by atomic mass is 16.6. The summed E-state index contributed by atoms with van der Waals surface area (Å²) in [6, 6.07) is 5.90. The topological polar surface area (TPSA) is 69.1 Å². The van der Waals surface area contributed by atoms with E-state index in [1.165, 1.54) is 0 Å². The Kier molecular flexibility index (Phi) is 6.77. The number of hydrogen-bond donors (Lipinski definition) is 0. The fourth-order valence-corrected chi connectivity index (χ4v) is 4.03. The van der Waals surface area contributed by atoms with Crippen LogP contribution in [0.25, 0.3) is 0 Å². The van der Waals surface area contributed by atoms with Gasteiger partial charge < -0.3 is 23.7 Å². The van der Waals surface area contributed by atoms with Gasteiger partial charge in [-0.1, -0.05) is 19.9 Å². The van der Waals surface area contributed by atoms with Gasteiger partial charge in [-0.25, -0.2) is 4.98 Å². The van der Waals surface area contributed by atoms with Crippen molar-refractivity contribution in [2.75, 3.05) is 39.5 Å². The number of imidazole rings is 1. The smallest absolute Gasteiger partial charge is 0.253 e. The van der Waals surface area contributed by atoms with E-state index < -0.39 is 6.10 Å². The molecule has 2 aliphatic rings. The minimum atomic E-state index is -0.468. The highest BCUT2D eigenvalue weighted by Gasteiger charge is 2.31. The highest BCUT2D eigenvalue weighted by Crippen LogP contribution is 2.31. The molecule has 1 fully saturated rings. The molecule has 1 aromatic heterocycles. The first-order chi connectivity index (χ1) is 15.0. The second-order valence-electron chi connectivity index (χ2n) is 8.64. The molecule has 1 unspecified atom stereocenters. The van der Waals surface area contributed by atoms with Crippen LogP contribution in [0.4, 0.5) is 0 Å². The van der Waals surface area contributed by atoms with E-state index >= 15 is 0 Å². The van der Waals surface area contributed by atoms with Crippen LogP contribution < -0.4 is 9.47 Å². The molecule has 0 bridgehead atoms. The summed E-state index contributed by atoms with van der Waals surface area (Å²) in [6.07, 6.45) is 3.27. The SMILES string of the molecule is CC(C)CN(Cc1ccc2c(c1)OCCO2)C(=O)C1CN(Cc2nccn2C)CCO1. The van der Waals surface area contributed by atoms with Crippen molar-refractivity contribution in [1.29, 1.82) is 0 Å². The zero-order chi connectivity index (χ0) is 21.8. The molecule has 31 heavy (non-hydrogen) atoms. The number of amides is 1. The lowest BCUT2D eigenvalue weighted by molar-refractivity contribution is -0.151. The second kappa shape index (κ2) is 9.70. The number of aryl methyl sites for hydroxylation is 1. The minimum Gasteiger partial charge on any atom is -0.486 e. The number of rotatable bonds is 7. The molecule has 168 valence electrons. The molecule has 1 amide bonds. The average Bonchev–Trinajstić information content (AvgIpc) is 3.17. The van der Waals surface area contributed by atoms with Crippen LogP contribution in [-0.4, -0.2) is 70.8 Å². The predicted octanol–water partition coefficient (Wildman–Crippen LogP) is 2.08. The van der Waals surface area contributed by atoms with Crippen LogP contribution in [0, 0.1) is 5.92 Å². The molecule has 3 heterocycles. The second-order valence-corrected chi connectivity index (χ2v) is 8.64. The quantitative estimate of drug-likeness (QED) is 0.673. The average molecular weight is 429 g/mol. The fraction of sp³-hybridized carbons (Fsp3) is 0.565. The summed E-state index contributed by atoms with van der Waals surface area (Å²) < 4.78 is 19.2. The third-order valence-electron chi connectivity index (χ3n) is 5.59. The van der Waals surface area contributed by atoms with Crippen molar-refractivity contribution < 1.29 is 19.0 Å². The Hall–Kier alpha value is -2.58. The number of benzene rings is 1. The molecule has 0 radical (unpaired) electrons. The van der Waals surface area contributed by atoms with Gasteiger partial charge in [-0.05, 0) is 23.6 Å². The number of nitrogens with zero attached hydrogens (tertiary/aromatic N) is 4. The van der Waals surface area contributed by atoms with Gasteiger partial charge >= 0.3 is 0 Å². The molecule has 1 aromatic carbocycles. The van der Waals surface area contributed by atoms with E-state index in [1.807, 2.05) is 40.9 Å². The van der Waals surface area contributed by atoms with Crippen LogP contribution in [-0.2, 0) is 29.7 Å². The van der Waals surface area contributed by atoms with Gasteiger partial charge in [0, 0.05) is 45.6 Å². The summed E-state index contributed by atoms with van der Waals surface area (Å²) in [5.41, 5.74) is 1.03. The standard InChI is InChI=1S/C23H32N4O4/c1-17(2)13-27(14-18-4-5-19-20(12-18)31-11-10-30-19)23(28)21-15-26(8-9-29-21)16-22-24-6-7-25(22)3/h4-7,12,17,21H,8-11,13-16H2,1-3H3. The van der Waals surface area contributed by atoms with Crippen LogP contribution in [0.3, 0.4) is 0 Å². The van der Waals surface area contributed by atoms with Crippen molar-refractivity contribution in [2.45, 2.75) is 33.0 Å². The zero-order valence-electron chi connectivity index (χ0n) is 18.6. The maximum atomic E-state index is 13.4. The lowest BCUT2D eigenvalue weighted by Gasteiger charge is -2.35. The lowest BCUT2D eigenvalue weighted by atomic mass is 10.1. The first-order valence-electron chi connectivity index (χ1n) is 11.0. The van der Waals surface area contributed by atoms with Crippen molar-refractivity contribution >= 4 is 5.91 Å². The Bertz CT molecular complexity index is 897. The monoisotopic (exact) mass is 428 g/mol. The van der Waals surface area contributed by atoms with Crippen molar-refractivity contribution in [3.05, 3.63) is 42.0 Å². The first kappa shape index (κ1) is 21.6. The third kappa shape index (κ3) is 5.37. The highest BCUT2D eigenvalue weighted by molar-refractivity contribution is 5.81. The largest absolute Gasteiger partial charge is 0.486 e. The van der Waals surface area contributed by atoms with Crippen LogP contribution in [0.2, 0.25) is 0 Å². The molecule has 0 aliphatic carbocycles. The van der Waals surface area contributed by atoms with Crippen molar-refractivity contribution in [1.82, 2.24) is 19.4 Å². The van der Waals surface area contributed by atoms with Gasteiger partial charge in [0.1, 0.15) is 25.1 Å². The molecule has 4 rings (SSSR count). The Morgan fingerprint density at radius 1 is 1.23 bits per heavy atom. The fourth-order valence-electron chi connectivity index (χ4n) is 4.03. The van der Waals surface area contributed by atoms with E-state index in [0.717, 1.165) is 29.4 Å². The van der Waals surface area contributed by atoms with E-state index in [1.54, 1.807) is 6.20 Å². The van der Waals surface area contributed by atoms with Crippen LogP contribution in [0.5, 0.6) is 11.5 Å². The van der Waals surface area contributed by atoms with Crippen molar-refractivity contribution in [3.63, 3.8) is 0 Å². The summed E-state index contributed by atoms with van der Waals surface area (Å²) in [5.74, 6) is 2.89. The third-order valence-corrected chi connectivity index (χ3v) is 5.59. The Labute approximate surface area is 183 Å². The Morgan fingerprint density at radius 3 is 2.77 bits per heavy atom. The molecule has 0 saturated carbocycles. The number of fused-ring (bicyclic) bond motifs is 1. The van der Waals surface area contributed by atoms with E-state index in [-0.39, 0.29) is 5.91 Å². The van der Waals surface area contributed by atoms with Crippen LogP contribution >= 0.6 is 0 Å². The molecular formula is C23H32N4O4. The molecule has 0 N–H and O–H groups in total. The van der Waals surface area contributed by atoms with E-state index in [9.17, 15) is 4.79 Å². The van der Waals surface area contributed by atoms with Crippen LogP contribution in [0.1, 0.15) is 25.2 Å². The molecule has 8 nitrogen and oxygen atoms in total. The van der Waals surface area contributed by atoms with Crippen LogP contribution in [0.15, 0.2) is 30.6 Å². The summed E-state index contributed by atoms with van der Waals surface area (Å²) >= 11 is 0. The molecule has 8 heteroatoms. The van der Waals surface area contributed by atoms with Crippen molar-refractivity contribution in [2.24, 2.45) is 13.0 Å². The summed E-state index contributed by atoms with van der Waals surface area (Å²) in [6.45, 7) is 9.18. The number of carbonyl (C=O) groups excluding carboxylic acids is 1. The summed E-state index contributed by atoms with van der Waals surface area (Å²) in [7, 11) is 1.99. The lowest BCUT2D eigenvalue weighted by Crippen LogP contribution is -2.51. The summed E-state index contributed by atoms with van der Waals surface area (Å²) in [4.78, 5) is 22.0. The molecule has 2 aromatic rings. The normalized spacial score (nSPS) is 18.9. The van der Waals surface area contributed by atoms with Gasteiger partial charge in [0.2, 0.25) is 0 Å². The van der Waals surface area contributed by atoms with E-state index in [0.29, 0.717) is 51.9 Å². The number of ether oxygens (including phenoxy) is 3. The molecule has 1 saturated heterocycles. The van der Waals surface area contributed by atoms with Gasteiger partial charge in [-0.3, -0.25) is 9.69 Å². The zero-order valence-corrected chi connectivity index (χ0v) is 18.6. The number of aromatic nitrogens is 2. The summed E-state index contributed by atoms with van der Waals surface area (Å²) in [5, 5.41) is 0. The predicted molar refractivity (Wildman–Crippen MR) is 116 cm³/mol. The van der Waals surface area contributed by atoms with Gasteiger partial charge in [-0.2, -0.15) is 0 Å². The van der Waals surface area contributed by atoms with Gasteiger partial charge in [0.15, 0.2) is 11.5 Å². The molecule has 1 atom stereocenters. The first-order valence-corrected chi connectivity index (χ1v) is 11.0. The Morgan fingerprint density at radius 2 is 2.03 bits per heavy atom. The maximum absolute atomic E-state index is 13.4. The van der Waals surface area contributed by atoms with Gasteiger partial charge in [-0.15, -0.1) is 0 Å². The van der Waals surface area contributed by atoms with E-state index in [2.05, 4.69) is 23.7 Å². The molecule has 2 aliphatic heterocycles.